The maximum Gasteiger partial charge on any atom is 0.175 e. The predicted molar refractivity (Wildman–Crippen MR) is 101 cm³/mol. The molecule has 1 rings (SSSR count). The molecule has 0 spiro atoms. The Morgan fingerprint density at radius 1 is 1.27 bits per heavy atom. The third kappa shape index (κ3) is 6.58. The molecule has 0 saturated heterocycles. The summed E-state index contributed by atoms with van der Waals surface area (Å²) in [6, 6.07) is 8.72. The van der Waals surface area contributed by atoms with Gasteiger partial charge in [-0.1, -0.05) is 38.1 Å². The second-order valence-corrected chi connectivity index (χ2v) is 6.18. The Morgan fingerprint density at radius 2 is 1.91 bits per heavy atom. The fourth-order valence-electron chi connectivity index (χ4n) is 2.25. The van der Waals surface area contributed by atoms with E-state index in [-0.39, 0.29) is 0 Å². The number of aryl methyl sites for hydroxylation is 1. The quantitative estimate of drug-likeness (QED) is 0.698. The number of hydrogen-bond donors (Lipinski definition) is 2. The summed E-state index contributed by atoms with van der Waals surface area (Å²) >= 11 is 5.36. The van der Waals surface area contributed by atoms with Crippen molar-refractivity contribution in [1.82, 2.24) is 10.2 Å². The van der Waals surface area contributed by atoms with Crippen LogP contribution in [0.2, 0.25) is 0 Å². The van der Waals surface area contributed by atoms with Gasteiger partial charge in [-0.3, -0.25) is 4.90 Å². The maximum absolute atomic E-state index is 5.36. The van der Waals surface area contributed by atoms with Crippen molar-refractivity contribution in [3.63, 3.8) is 0 Å². The van der Waals surface area contributed by atoms with E-state index in [1.165, 1.54) is 5.56 Å². The summed E-state index contributed by atoms with van der Waals surface area (Å²) in [7, 11) is 0. The van der Waals surface area contributed by atoms with Gasteiger partial charge in [0.05, 0.1) is 0 Å². The average Bonchev–Trinajstić information content (AvgIpc) is 2.48. The fraction of sp³-hybridized carbons (Fsp3) is 0.500. The largest absolute Gasteiger partial charge is 0.335 e. The van der Waals surface area contributed by atoms with Crippen LogP contribution in [0.1, 0.15) is 39.2 Å². The SMILES string of the molecule is C=C(CN(CCC)C(C)CC)NC(=S)Nc1ccc(C)cc1. The minimum Gasteiger partial charge on any atom is -0.335 e. The highest BCUT2D eigenvalue weighted by Crippen LogP contribution is 2.09. The van der Waals surface area contributed by atoms with Gasteiger partial charge in [0.25, 0.3) is 0 Å². The second kappa shape index (κ2) is 9.59. The van der Waals surface area contributed by atoms with Crippen LogP contribution in [-0.4, -0.2) is 29.1 Å². The topological polar surface area (TPSA) is 27.3 Å². The monoisotopic (exact) mass is 319 g/mol. The predicted octanol–water partition coefficient (Wildman–Crippen LogP) is 4.31. The molecule has 2 N–H and O–H groups in total. The molecule has 0 radical (unpaired) electrons. The van der Waals surface area contributed by atoms with Crippen molar-refractivity contribution in [2.75, 3.05) is 18.4 Å². The van der Waals surface area contributed by atoms with Gasteiger partial charge in [0, 0.05) is 24.0 Å². The van der Waals surface area contributed by atoms with E-state index >= 15 is 0 Å². The summed E-state index contributed by atoms with van der Waals surface area (Å²) in [6.45, 7) is 14.7. The number of thiocarbonyl (C=S) groups is 1. The molecule has 1 unspecified atom stereocenters. The number of anilines is 1. The molecule has 0 fully saturated rings. The van der Waals surface area contributed by atoms with Gasteiger partial charge in [0.15, 0.2) is 5.11 Å². The zero-order valence-corrected chi connectivity index (χ0v) is 15.1. The Hall–Kier alpha value is -1.39. The van der Waals surface area contributed by atoms with Crippen molar-refractivity contribution >= 4 is 23.0 Å². The molecular formula is C18H29N3S. The maximum atomic E-state index is 5.36. The first-order valence-corrected chi connectivity index (χ1v) is 8.43. The zero-order valence-electron chi connectivity index (χ0n) is 14.3. The van der Waals surface area contributed by atoms with Gasteiger partial charge >= 0.3 is 0 Å². The molecule has 0 aliphatic heterocycles. The molecule has 0 aliphatic rings. The van der Waals surface area contributed by atoms with Crippen molar-refractivity contribution in [3.8, 4) is 0 Å². The molecule has 122 valence electrons. The van der Waals surface area contributed by atoms with Gasteiger partial charge < -0.3 is 10.6 Å². The van der Waals surface area contributed by atoms with Crippen LogP contribution in [0.4, 0.5) is 5.69 Å². The van der Waals surface area contributed by atoms with Gasteiger partial charge in [0.2, 0.25) is 0 Å². The first-order chi connectivity index (χ1) is 10.5. The van der Waals surface area contributed by atoms with E-state index in [0.29, 0.717) is 11.2 Å². The molecule has 22 heavy (non-hydrogen) atoms. The third-order valence-electron chi connectivity index (χ3n) is 3.72. The van der Waals surface area contributed by atoms with Crippen LogP contribution in [0, 0.1) is 6.92 Å². The van der Waals surface area contributed by atoms with E-state index in [0.717, 1.165) is 37.3 Å². The number of hydrogen-bond acceptors (Lipinski definition) is 2. The lowest BCUT2D eigenvalue weighted by Crippen LogP contribution is -2.39. The Balaban J connectivity index is 2.48. The van der Waals surface area contributed by atoms with E-state index in [1.54, 1.807) is 0 Å². The van der Waals surface area contributed by atoms with E-state index in [2.05, 4.69) is 61.9 Å². The number of nitrogens with zero attached hydrogens (tertiary/aromatic N) is 1. The third-order valence-corrected chi connectivity index (χ3v) is 3.92. The van der Waals surface area contributed by atoms with E-state index < -0.39 is 0 Å². The van der Waals surface area contributed by atoms with E-state index in [1.807, 2.05) is 12.1 Å². The number of rotatable bonds is 8. The molecule has 1 atom stereocenters. The van der Waals surface area contributed by atoms with Crippen LogP contribution in [0.5, 0.6) is 0 Å². The molecule has 4 heteroatoms. The highest BCUT2D eigenvalue weighted by atomic mass is 32.1. The smallest absolute Gasteiger partial charge is 0.175 e. The molecule has 0 saturated carbocycles. The minimum absolute atomic E-state index is 0.553. The highest BCUT2D eigenvalue weighted by Gasteiger charge is 2.12. The van der Waals surface area contributed by atoms with Crippen molar-refractivity contribution in [3.05, 3.63) is 42.1 Å². The lowest BCUT2D eigenvalue weighted by atomic mass is 10.2. The summed E-state index contributed by atoms with van der Waals surface area (Å²) in [4.78, 5) is 2.43. The number of nitrogens with one attached hydrogen (secondary N) is 2. The molecule has 0 heterocycles. The Kier molecular flexibility index (Phi) is 8.13. The second-order valence-electron chi connectivity index (χ2n) is 5.78. The molecular weight excluding hydrogens is 290 g/mol. The summed E-state index contributed by atoms with van der Waals surface area (Å²) in [5.74, 6) is 0. The fourth-order valence-corrected chi connectivity index (χ4v) is 2.51. The molecule has 0 aromatic heterocycles. The van der Waals surface area contributed by atoms with E-state index in [4.69, 9.17) is 12.2 Å². The van der Waals surface area contributed by atoms with Gasteiger partial charge in [-0.2, -0.15) is 0 Å². The van der Waals surface area contributed by atoms with Crippen LogP contribution in [0.15, 0.2) is 36.5 Å². The van der Waals surface area contributed by atoms with Crippen molar-refractivity contribution < 1.29 is 0 Å². The Bertz CT molecular complexity index is 482. The van der Waals surface area contributed by atoms with Crippen molar-refractivity contribution in [2.24, 2.45) is 0 Å². The first-order valence-electron chi connectivity index (χ1n) is 8.02. The van der Waals surface area contributed by atoms with Crippen LogP contribution in [-0.2, 0) is 0 Å². The molecule has 0 bridgehead atoms. The standard InChI is InChI=1S/C18H29N3S/c1-6-12-21(16(5)7-2)13-15(4)19-18(22)20-17-10-8-14(3)9-11-17/h8-11,16H,4,6-7,12-13H2,1-3,5H3,(H2,19,20,22). The van der Waals surface area contributed by atoms with Crippen LogP contribution >= 0.6 is 12.2 Å². The summed E-state index contributed by atoms with van der Waals surface area (Å²) in [5, 5.41) is 6.98. The van der Waals surface area contributed by atoms with Gasteiger partial charge in [-0.25, -0.2) is 0 Å². The summed E-state index contributed by atoms with van der Waals surface area (Å²) in [5.41, 5.74) is 3.15. The van der Waals surface area contributed by atoms with Crippen LogP contribution in [0.25, 0.3) is 0 Å². The molecule has 1 aromatic rings. The lowest BCUT2D eigenvalue weighted by Gasteiger charge is -2.29. The Morgan fingerprint density at radius 3 is 2.45 bits per heavy atom. The Labute approximate surface area is 140 Å². The lowest BCUT2D eigenvalue weighted by molar-refractivity contribution is 0.220. The normalized spacial score (nSPS) is 12.0. The molecule has 0 aliphatic carbocycles. The van der Waals surface area contributed by atoms with Crippen molar-refractivity contribution in [2.45, 2.75) is 46.6 Å². The molecule has 3 nitrogen and oxygen atoms in total. The van der Waals surface area contributed by atoms with Crippen molar-refractivity contribution in [1.29, 1.82) is 0 Å². The number of benzene rings is 1. The average molecular weight is 320 g/mol. The summed E-state index contributed by atoms with van der Waals surface area (Å²) in [6.07, 6.45) is 2.28. The van der Waals surface area contributed by atoms with Gasteiger partial charge in [-0.05, 0) is 57.6 Å². The van der Waals surface area contributed by atoms with E-state index in [9.17, 15) is 0 Å². The summed E-state index contributed by atoms with van der Waals surface area (Å²) < 4.78 is 0. The highest BCUT2D eigenvalue weighted by molar-refractivity contribution is 7.80. The minimum atomic E-state index is 0.553. The first kappa shape index (κ1) is 18.7. The van der Waals surface area contributed by atoms with Gasteiger partial charge in [-0.15, -0.1) is 0 Å². The molecule has 0 amide bonds. The van der Waals surface area contributed by atoms with Crippen LogP contribution in [0.3, 0.4) is 0 Å². The van der Waals surface area contributed by atoms with Crippen LogP contribution < -0.4 is 10.6 Å². The zero-order chi connectivity index (χ0) is 16.5. The molecule has 1 aromatic carbocycles. The van der Waals surface area contributed by atoms with Gasteiger partial charge in [0.1, 0.15) is 0 Å².